The number of hydrogen-bond acceptors (Lipinski definition) is 8. The van der Waals surface area contributed by atoms with E-state index < -0.39 is 0 Å². The third kappa shape index (κ3) is 8.69. The molecule has 0 N–H and O–H groups in total. The standard InChI is InChI=1S/C25H40N4O4S4/c34-21(26-1-9-30-10-2-26)17-25(18-22(35)27-3-11-31-12-4-27,19-23(36)28-5-13-32-14-6-28)20-24(37)29-7-15-33-16-8-29/h1-20H2. The molecule has 8 nitrogen and oxygen atoms in total. The van der Waals surface area contributed by atoms with Gasteiger partial charge in [-0.1, -0.05) is 48.9 Å². The largest absolute Gasteiger partial charge is 0.378 e. The van der Waals surface area contributed by atoms with Crippen molar-refractivity contribution in [1.29, 1.82) is 0 Å². The molecule has 4 heterocycles. The Morgan fingerprint density at radius 2 is 0.595 bits per heavy atom. The molecule has 0 atom stereocenters. The molecule has 37 heavy (non-hydrogen) atoms. The minimum absolute atomic E-state index is 0.296. The predicted molar refractivity (Wildman–Crippen MR) is 161 cm³/mol. The van der Waals surface area contributed by atoms with Gasteiger partial charge in [0.25, 0.3) is 0 Å². The molecule has 0 radical (unpaired) electrons. The first kappa shape index (κ1) is 29.4. The Hall–Kier alpha value is -0.600. The Kier molecular flexibility index (Phi) is 11.7. The SMILES string of the molecule is S=C(CC(CC(=S)N1CCOCC1)(CC(=S)N1CCOCC1)CC(=S)N1CCOCC1)N1CCOCC1. The molecule has 0 aromatic heterocycles. The summed E-state index contributed by atoms with van der Waals surface area (Å²) in [6, 6.07) is 0. The average molecular weight is 589 g/mol. The van der Waals surface area contributed by atoms with E-state index in [4.69, 9.17) is 67.8 Å². The molecule has 4 rings (SSSR count). The first-order valence-electron chi connectivity index (χ1n) is 13.4. The molecule has 0 amide bonds. The molecule has 0 saturated carbocycles. The molecule has 4 fully saturated rings. The van der Waals surface area contributed by atoms with Gasteiger partial charge in [-0.3, -0.25) is 0 Å². The van der Waals surface area contributed by atoms with E-state index >= 15 is 0 Å². The maximum Gasteiger partial charge on any atom is 0.0786 e. The fourth-order valence-electron chi connectivity index (χ4n) is 5.36. The van der Waals surface area contributed by atoms with Gasteiger partial charge in [0.15, 0.2) is 0 Å². The molecule has 4 aliphatic heterocycles. The first-order chi connectivity index (χ1) is 18.0. The van der Waals surface area contributed by atoms with Crippen LogP contribution in [0.2, 0.25) is 0 Å². The molecule has 4 saturated heterocycles. The second-order valence-corrected chi connectivity index (χ2v) is 12.1. The van der Waals surface area contributed by atoms with Gasteiger partial charge in [-0.15, -0.1) is 0 Å². The van der Waals surface area contributed by atoms with Crippen LogP contribution >= 0.6 is 48.9 Å². The highest BCUT2D eigenvalue weighted by Crippen LogP contribution is 2.40. The monoisotopic (exact) mass is 588 g/mol. The molecule has 12 heteroatoms. The maximum atomic E-state index is 6.09. The van der Waals surface area contributed by atoms with Crippen LogP contribution in [0.5, 0.6) is 0 Å². The number of nitrogens with zero attached hydrogens (tertiary/aromatic N) is 4. The fraction of sp³-hybridized carbons (Fsp3) is 0.840. The van der Waals surface area contributed by atoms with Crippen molar-refractivity contribution in [3.05, 3.63) is 0 Å². The number of ether oxygens (including phenoxy) is 4. The lowest BCUT2D eigenvalue weighted by molar-refractivity contribution is 0.0623. The highest BCUT2D eigenvalue weighted by molar-refractivity contribution is 7.81. The van der Waals surface area contributed by atoms with E-state index in [1.165, 1.54) is 0 Å². The zero-order chi connectivity index (χ0) is 26.1. The zero-order valence-electron chi connectivity index (χ0n) is 21.7. The number of rotatable bonds is 8. The fourth-order valence-corrected chi connectivity index (χ4v) is 7.31. The van der Waals surface area contributed by atoms with E-state index in [0.717, 1.165) is 98.0 Å². The van der Waals surface area contributed by atoms with Crippen molar-refractivity contribution in [1.82, 2.24) is 19.6 Å². The maximum absolute atomic E-state index is 6.09. The van der Waals surface area contributed by atoms with E-state index in [2.05, 4.69) is 19.6 Å². The van der Waals surface area contributed by atoms with Crippen molar-refractivity contribution in [2.75, 3.05) is 105 Å². The van der Waals surface area contributed by atoms with Crippen LogP contribution in [-0.4, -0.2) is 145 Å². The normalized spacial score (nSPS) is 21.6. The van der Waals surface area contributed by atoms with E-state index in [1.807, 2.05) is 0 Å². The molecular formula is C25H40N4O4S4. The molecule has 208 valence electrons. The van der Waals surface area contributed by atoms with Crippen molar-refractivity contribution in [2.45, 2.75) is 25.7 Å². The molecule has 0 aliphatic carbocycles. The van der Waals surface area contributed by atoms with Crippen LogP contribution in [0.1, 0.15) is 25.7 Å². The smallest absolute Gasteiger partial charge is 0.0786 e. The third-order valence-corrected chi connectivity index (χ3v) is 9.17. The van der Waals surface area contributed by atoms with Crippen molar-refractivity contribution in [3.63, 3.8) is 0 Å². The van der Waals surface area contributed by atoms with E-state index in [9.17, 15) is 0 Å². The minimum atomic E-state index is -0.296. The van der Waals surface area contributed by atoms with E-state index in [1.54, 1.807) is 0 Å². The third-order valence-electron chi connectivity index (χ3n) is 7.56. The predicted octanol–water partition coefficient (Wildman–Crippen LogP) is 2.17. The molecule has 0 spiro atoms. The Labute approximate surface area is 242 Å². The van der Waals surface area contributed by atoms with Crippen LogP contribution in [0.25, 0.3) is 0 Å². The lowest BCUT2D eigenvalue weighted by Crippen LogP contribution is -2.49. The van der Waals surface area contributed by atoms with Gasteiger partial charge in [0.1, 0.15) is 0 Å². The van der Waals surface area contributed by atoms with Crippen LogP contribution in [0.15, 0.2) is 0 Å². The van der Waals surface area contributed by atoms with Crippen LogP contribution in [0.4, 0.5) is 0 Å². The Bertz CT molecular complexity index is 675. The Morgan fingerprint density at radius 1 is 0.405 bits per heavy atom. The topological polar surface area (TPSA) is 49.9 Å². The summed E-state index contributed by atoms with van der Waals surface area (Å²) in [5.41, 5.74) is -0.296. The van der Waals surface area contributed by atoms with Gasteiger partial charge in [0.05, 0.1) is 72.8 Å². The summed E-state index contributed by atoms with van der Waals surface area (Å²) in [6.45, 7) is 12.2. The van der Waals surface area contributed by atoms with Crippen molar-refractivity contribution in [3.8, 4) is 0 Å². The summed E-state index contributed by atoms with van der Waals surface area (Å²) in [7, 11) is 0. The average Bonchev–Trinajstić information content (AvgIpc) is 2.94. The van der Waals surface area contributed by atoms with Gasteiger partial charge >= 0.3 is 0 Å². The van der Waals surface area contributed by atoms with Gasteiger partial charge in [-0.2, -0.15) is 0 Å². The highest BCUT2D eigenvalue weighted by Gasteiger charge is 2.39. The summed E-state index contributed by atoms with van der Waals surface area (Å²) in [6.07, 6.45) is 2.90. The number of morpholine rings is 4. The molecule has 0 aromatic carbocycles. The Balaban J connectivity index is 1.59. The number of hydrogen-bond donors (Lipinski definition) is 0. The van der Waals surface area contributed by atoms with Crippen LogP contribution in [-0.2, 0) is 18.9 Å². The molecule has 0 unspecified atom stereocenters. The molecule has 0 bridgehead atoms. The van der Waals surface area contributed by atoms with Crippen molar-refractivity contribution < 1.29 is 18.9 Å². The zero-order valence-corrected chi connectivity index (χ0v) is 25.0. The lowest BCUT2D eigenvalue weighted by atomic mass is 9.74. The van der Waals surface area contributed by atoms with Crippen LogP contribution in [0, 0.1) is 5.41 Å². The second-order valence-electron chi connectivity index (χ2n) is 10.2. The first-order valence-corrected chi connectivity index (χ1v) is 15.0. The summed E-state index contributed by atoms with van der Waals surface area (Å²) in [4.78, 5) is 13.0. The Morgan fingerprint density at radius 3 is 0.784 bits per heavy atom. The van der Waals surface area contributed by atoms with Crippen molar-refractivity contribution >= 4 is 68.8 Å². The van der Waals surface area contributed by atoms with Gasteiger partial charge < -0.3 is 38.5 Å². The highest BCUT2D eigenvalue weighted by atomic mass is 32.1. The quantitative estimate of drug-likeness (QED) is 0.391. The van der Waals surface area contributed by atoms with E-state index in [0.29, 0.717) is 52.9 Å². The van der Waals surface area contributed by atoms with Crippen LogP contribution in [0.3, 0.4) is 0 Å². The summed E-state index contributed by atoms with van der Waals surface area (Å²) in [5, 5.41) is 0. The summed E-state index contributed by atoms with van der Waals surface area (Å²) >= 11 is 24.4. The molecule has 4 aliphatic rings. The van der Waals surface area contributed by atoms with Gasteiger partial charge in [0, 0.05) is 78.0 Å². The summed E-state index contributed by atoms with van der Waals surface area (Å²) < 4.78 is 22.4. The number of thiocarbonyl (C=S) groups is 4. The minimum Gasteiger partial charge on any atom is -0.378 e. The molecule has 0 aromatic rings. The lowest BCUT2D eigenvalue weighted by Gasteiger charge is -2.43. The van der Waals surface area contributed by atoms with E-state index in [-0.39, 0.29) is 5.41 Å². The second kappa shape index (κ2) is 14.7. The van der Waals surface area contributed by atoms with Gasteiger partial charge in [-0.25, -0.2) is 0 Å². The van der Waals surface area contributed by atoms with Crippen molar-refractivity contribution in [2.24, 2.45) is 5.41 Å². The summed E-state index contributed by atoms with van der Waals surface area (Å²) in [5.74, 6) is 0. The van der Waals surface area contributed by atoms with Gasteiger partial charge in [0.2, 0.25) is 0 Å². The van der Waals surface area contributed by atoms with Crippen LogP contribution < -0.4 is 0 Å². The molecular weight excluding hydrogens is 549 g/mol. The van der Waals surface area contributed by atoms with Gasteiger partial charge in [-0.05, 0) is 5.41 Å².